The maximum absolute atomic E-state index is 13.2. The Morgan fingerprint density at radius 2 is 1.95 bits per heavy atom. The number of carbonyl (C=O) groups is 1. The first-order chi connectivity index (χ1) is 19.6. The van der Waals surface area contributed by atoms with Crippen molar-refractivity contribution < 1.29 is 19.1 Å². The van der Waals surface area contributed by atoms with Gasteiger partial charge in [-0.05, 0) is 55.8 Å². The van der Waals surface area contributed by atoms with Gasteiger partial charge in [0.15, 0.2) is 5.54 Å². The molecule has 1 atom stereocenters. The molecule has 2 N–H and O–H groups in total. The Morgan fingerprint density at radius 1 is 1.10 bits per heavy atom. The second kappa shape index (κ2) is 15.1. The van der Waals surface area contributed by atoms with E-state index in [2.05, 4.69) is 15.3 Å². The van der Waals surface area contributed by atoms with Crippen molar-refractivity contribution in [2.45, 2.75) is 76.2 Å². The molecule has 4 rings (SSSR count). The van der Waals surface area contributed by atoms with Crippen LogP contribution >= 0.6 is 0 Å². The summed E-state index contributed by atoms with van der Waals surface area (Å²) in [6, 6.07) is 11.0. The van der Waals surface area contributed by atoms with E-state index in [4.69, 9.17) is 4.42 Å². The molecule has 0 spiro atoms. The van der Waals surface area contributed by atoms with Crippen LogP contribution in [0.1, 0.15) is 81.8 Å². The summed E-state index contributed by atoms with van der Waals surface area (Å²) in [6.07, 6.45) is 21.6. The first-order valence-corrected chi connectivity index (χ1v) is 14.4. The minimum absolute atomic E-state index is 0.168. The summed E-state index contributed by atoms with van der Waals surface area (Å²) in [4.78, 5) is 34.1. The highest BCUT2D eigenvalue weighted by Crippen LogP contribution is 2.38. The predicted octanol–water partition coefficient (Wildman–Crippen LogP) is 7.00. The lowest BCUT2D eigenvalue weighted by Gasteiger charge is -2.33. The van der Waals surface area contributed by atoms with Crippen molar-refractivity contribution in [1.82, 2.24) is 15.3 Å². The molecule has 0 bridgehead atoms. The molecule has 1 aliphatic carbocycles. The van der Waals surface area contributed by atoms with Gasteiger partial charge in [0.2, 0.25) is 5.89 Å². The van der Waals surface area contributed by atoms with Crippen molar-refractivity contribution in [1.29, 1.82) is 0 Å². The van der Waals surface area contributed by atoms with Crippen molar-refractivity contribution in [3.8, 4) is 11.5 Å². The molecule has 0 aliphatic heterocycles. The van der Waals surface area contributed by atoms with Crippen LogP contribution in [-0.2, 0) is 15.1 Å². The number of nitrogens with one attached hydrogen (secondary N) is 1. The van der Waals surface area contributed by atoms with Gasteiger partial charge in [-0.2, -0.15) is 0 Å². The van der Waals surface area contributed by atoms with Gasteiger partial charge in [-0.3, -0.25) is 10.3 Å². The maximum atomic E-state index is 13.2. The van der Waals surface area contributed by atoms with E-state index in [0.29, 0.717) is 36.4 Å². The summed E-state index contributed by atoms with van der Waals surface area (Å²) in [5.74, 6) is 1.98. The van der Waals surface area contributed by atoms with Crippen LogP contribution < -0.4 is 5.32 Å². The number of aliphatic carboxylic acids is 1. The Kier molecular flexibility index (Phi) is 11.0. The molecule has 0 amide bonds. The number of carbonyl (C=O) groups excluding carboxylic acids is 1. The first-order valence-electron chi connectivity index (χ1n) is 14.4. The van der Waals surface area contributed by atoms with E-state index in [-0.39, 0.29) is 12.0 Å². The minimum Gasteiger partial charge on any atom is -0.479 e. The van der Waals surface area contributed by atoms with Crippen LogP contribution in [0.2, 0.25) is 0 Å². The number of rotatable bonds is 15. The number of benzene rings is 1. The summed E-state index contributed by atoms with van der Waals surface area (Å²) in [7, 11) is 0. The fourth-order valence-corrected chi connectivity index (χ4v) is 5.75. The van der Waals surface area contributed by atoms with Crippen molar-refractivity contribution >= 4 is 18.0 Å². The zero-order chi connectivity index (χ0) is 28.0. The topological polar surface area (TPSA) is 105 Å². The van der Waals surface area contributed by atoms with Gasteiger partial charge in [0.05, 0.1) is 6.20 Å². The Bertz CT molecular complexity index is 1280. The van der Waals surface area contributed by atoms with Gasteiger partial charge in [-0.1, -0.05) is 81.4 Å². The minimum atomic E-state index is -1.75. The van der Waals surface area contributed by atoms with Gasteiger partial charge in [-0.15, -0.1) is 0 Å². The Hall–Kier alpha value is -3.80. The normalized spacial score (nSPS) is 15.5. The first kappa shape index (κ1) is 29.2. The van der Waals surface area contributed by atoms with Crippen LogP contribution in [0.4, 0.5) is 0 Å². The summed E-state index contributed by atoms with van der Waals surface area (Å²) < 4.78 is 5.56. The molecule has 210 valence electrons. The van der Waals surface area contributed by atoms with E-state index in [1.165, 1.54) is 44.6 Å². The van der Waals surface area contributed by atoms with Crippen LogP contribution in [0.3, 0.4) is 0 Å². The van der Waals surface area contributed by atoms with Gasteiger partial charge in [-0.25, -0.2) is 14.6 Å². The lowest BCUT2D eigenvalue weighted by molar-refractivity contribution is -0.143. The molecule has 2 heterocycles. The molecule has 7 nitrogen and oxygen atoms in total. The smallest absolute Gasteiger partial charge is 0.333 e. The predicted molar refractivity (Wildman–Crippen MR) is 156 cm³/mol. The number of aromatic nitrogens is 2. The van der Waals surface area contributed by atoms with Crippen LogP contribution in [-0.4, -0.2) is 33.5 Å². The molecule has 3 aromatic rings. The van der Waals surface area contributed by atoms with Crippen LogP contribution in [0.5, 0.6) is 0 Å². The largest absolute Gasteiger partial charge is 0.479 e. The molecular formula is C33H39N3O4. The second-order valence-electron chi connectivity index (χ2n) is 10.5. The second-order valence-corrected chi connectivity index (χ2v) is 10.5. The molecule has 1 fully saturated rings. The fraction of sp³-hybridized carbons (Fsp3) is 0.424. The average molecular weight is 542 g/mol. The average Bonchev–Trinajstić information content (AvgIpc) is 3.53. The molecule has 1 aliphatic rings. The number of hydrogen-bond donors (Lipinski definition) is 2. The maximum Gasteiger partial charge on any atom is 0.333 e. The Labute approximate surface area is 236 Å². The zero-order valence-corrected chi connectivity index (χ0v) is 23.1. The highest BCUT2D eigenvalue weighted by molar-refractivity contribution is 5.91. The Balaban J connectivity index is 1.54. The van der Waals surface area contributed by atoms with Gasteiger partial charge in [0.25, 0.3) is 0 Å². The molecular weight excluding hydrogens is 502 g/mol. The summed E-state index contributed by atoms with van der Waals surface area (Å²) in [5.41, 5.74) is 0.379. The molecule has 7 heteroatoms. The summed E-state index contributed by atoms with van der Waals surface area (Å²) >= 11 is 0. The number of carboxylic acid groups (broad SMARTS) is 1. The third kappa shape index (κ3) is 7.44. The molecule has 1 unspecified atom stereocenters. The monoisotopic (exact) mass is 541 g/mol. The third-order valence-electron chi connectivity index (χ3n) is 7.84. The van der Waals surface area contributed by atoms with Crippen molar-refractivity contribution in [3.05, 3.63) is 84.0 Å². The van der Waals surface area contributed by atoms with Gasteiger partial charge >= 0.3 is 5.97 Å². The number of carboxylic acids is 1. The fourth-order valence-electron chi connectivity index (χ4n) is 5.75. The van der Waals surface area contributed by atoms with E-state index in [1.54, 1.807) is 30.6 Å². The molecule has 1 aromatic carbocycles. The molecule has 1 saturated carbocycles. The van der Waals surface area contributed by atoms with E-state index in [9.17, 15) is 14.7 Å². The summed E-state index contributed by atoms with van der Waals surface area (Å²) in [5, 5.41) is 14.1. The highest BCUT2D eigenvalue weighted by Gasteiger charge is 2.46. The SMILES string of the molecule is O=C=C(CCCC=Cc1cccnc1)C(NCCCCC1CCCCC1)(C(=O)O)c1ccccc1-c1ncco1. The van der Waals surface area contributed by atoms with E-state index in [1.807, 2.05) is 36.3 Å². The number of pyridine rings is 1. The molecule has 0 radical (unpaired) electrons. The van der Waals surface area contributed by atoms with Gasteiger partial charge in [0.1, 0.15) is 12.2 Å². The van der Waals surface area contributed by atoms with Crippen LogP contribution in [0.15, 0.2) is 77.3 Å². The Morgan fingerprint density at radius 3 is 2.67 bits per heavy atom. The number of nitrogens with zero attached hydrogens (tertiary/aromatic N) is 2. The molecule has 40 heavy (non-hydrogen) atoms. The third-order valence-corrected chi connectivity index (χ3v) is 7.84. The van der Waals surface area contributed by atoms with E-state index >= 15 is 0 Å². The quantitative estimate of drug-likeness (QED) is 0.158. The number of oxazole rings is 1. The highest BCUT2D eigenvalue weighted by atomic mass is 16.4. The summed E-state index contributed by atoms with van der Waals surface area (Å²) in [6.45, 7) is 0.463. The number of hydrogen-bond acceptors (Lipinski definition) is 6. The van der Waals surface area contributed by atoms with Crippen LogP contribution in [0, 0.1) is 5.92 Å². The standard InChI is InChI=1S/C33H39N3O4/c37-25-28(17-6-2-5-15-27-16-11-20-34-24-27)33(32(38)39,36-21-10-9-14-26-12-3-1-4-13-26)30-19-8-7-18-29(30)31-35-22-23-40-31/h5,7-8,11,15-16,18-20,22-24,26,36H,1-4,6,9-10,12-14,17,21H2,(H,38,39). The van der Waals surface area contributed by atoms with E-state index < -0.39 is 11.5 Å². The lowest BCUT2D eigenvalue weighted by atomic mass is 9.78. The van der Waals surface area contributed by atoms with Crippen molar-refractivity contribution in [3.63, 3.8) is 0 Å². The van der Waals surface area contributed by atoms with Gasteiger partial charge < -0.3 is 9.52 Å². The van der Waals surface area contributed by atoms with Crippen molar-refractivity contribution in [2.24, 2.45) is 5.92 Å². The zero-order valence-electron chi connectivity index (χ0n) is 23.1. The molecule has 0 saturated heterocycles. The van der Waals surface area contributed by atoms with Gasteiger partial charge in [0, 0.05) is 29.1 Å². The van der Waals surface area contributed by atoms with Crippen molar-refractivity contribution in [2.75, 3.05) is 6.54 Å². The number of unbranched alkanes of at least 4 members (excludes halogenated alkanes) is 2. The lowest BCUT2D eigenvalue weighted by Crippen LogP contribution is -2.51. The van der Waals surface area contributed by atoms with E-state index in [0.717, 1.165) is 30.7 Å². The number of allylic oxidation sites excluding steroid dienone is 1. The molecule has 2 aromatic heterocycles. The van der Waals surface area contributed by atoms with Crippen LogP contribution in [0.25, 0.3) is 17.5 Å².